The number of carbonyl (C=O) groups excluding carboxylic acids is 1. The van der Waals surface area contributed by atoms with Crippen molar-refractivity contribution in [1.82, 2.24) is 14.4 Å². The first-order valence-electron chi connectivity index (χ1n) is 11.0. The van der Waals surface area contributed by atoms with Crippen molar-refractivity contribution in [2.24, 2.45) is 0 Å². The van der Waals surface area contributed by atoms with Crippen LogP contribution in [0.2, 0.25) is 0 Å². The molecule has 0 aliphatic carbocycles. The number of methoxy groups -OCH3 is 1. The minimum atomic E-state index is -3.73. The highest BCUT2D eigenvalue weighted by Gasteiger charge is 2.36. The van der Waals surface area contributed by atoms with Gasteiger partial charge in [0.1, 0.15) is 22.4 Å². The van der Waals surface area contributed by atoms with Crippen LogP contribution in [0.25, 0.3) is 0 Å². The predicted molar refractivity (Wildman–Crippen MR) is 127 cm³/mol. The molecule has 2 aromatic carbocycles. The van der Waals surface area contributed by atoms with E-state index in [1.807, 2.05) is 47.4 Å². The maximum Gasteiger partial charge on any atom is 0.248 e. The zero-order valence-corrected chi connectivity index (χ0v) is 20.2. The second kappa shape index (κ2) is 9.96. The van der Waals surface area contributed by atoms with Gasteiger partial charge < -0.3 is 14.6 Å². The number of nitrogens with zero attached hydrogens (tertiary/aromatic N) is 3. The highest BCUT2D eigenvalue weighted by Crippen LogP contribution is 2.28. The predicted octanol–water partition coefficient (Wildman–Crippen LogP) is 2.99. The maximum atomic E-state index is 13.4. The summed E-state index contributed by atoms with van der Waals surface area (Å²) in [6.07, 6.45) is 0. The highest BCUT2D eigenvalue weighted by atomic mass is 32.2. The number of ether oxygens (including phenoxy) is 1. The van der Waals surface area contributed by atoms with Crippen LogP contribution in [0.4, 0.5) is 5.69 Å². The Bertz CT molecular complexity index is 1230. The van der Waals surface area contributed by atoms with Crippen molar-refractivity contribution in [3.8, 4) is 5.75 Å². The molecule has 1 aromatic heterocycles. The van der Waals surface area contributed by atoms with Gasteiger partial charge in [0.25, 0.3) is 0 Å². The molecule has 0 spiro atoms. The van der Waals surface area contributed by atoms with Crippen molar-refractivity contribution >= 4 is 21.6 Å². The van der Waals surface area contributed by atoms with Crippen LogP contribution in [0.3, 0.4) is 0 Å². The molecule has 1 aliphatic heterocycles. The number of anilines is 1. The quantitative estimate of drug-likeness (QED) is 0.550. The Morgan fingerprint density at radius 3 is 2.38 bits per heavy atom. The van der Waals surface area contributed by atoms with Crippen LogP contribution in [-0.4, -0.2) is 62.0 Å². The SMILES string of the molecule is COc1cccc(NC(=O)[C@@H](c2ccccc2)N2CCN(S(=O)(=O)c3c(C)noc3C)CC2)c1. The van der Waals surface area contributed by atoms with Gasteiger partial charge in [0, 0.05) is 37.9 Å². The Labute approximate surface area is 199 Å². The molecule has 1 N–H and O–H groups in total. The lowest BCUT2D eigenvalue weighted by molar-refractivity contribution is -0.122. The van der Waals surface area contributed by atoms with Crippen molar-refractivity contribution < 1.29 is 22.5 Å². The molecule has 1 aliphatic rings. The van der Waals surface area contributed by atoms with Crippen LogP contribution >= 0.6 is 0 Å². The van der Waals surface area contributed by atoms with E-state index < -0.39 is 16.1 Å². The third-order valence-corrected chi connectivity index (χ3v) is 8.05. The topological polar surface area (TPSA) is 105 Å². The number of hydrogen-bond donors (Lipinski definition) is 1. The number of carbonyl (C=O) groups is 1. The van der Waals surface area contributed by atoms with E-state index in [2.05, 4.69) is 10.5 Å². The molecule has 0 unspecified atom stereocenters. The fraction of sp³-hybridized carbons (Fsp3) is 0.333. The highest BCUT2D eigenvalue weighted by molar-refractivity contribution is 7.89. The minimum absolute atomic E-state index is 0.122. The van der Waals surface area contributed by atoms with Crippen molar-refractivity contribution in [2.75, 3.05) is 38.6 Å². The first-order chi connectivity index (χ1) is 16.3. The normalized spacial score (nSPS) is 16.2. The Hall–Kier alpha value is -3.21. The van der Waals surface area contributed by atoms with Gasteiger partial charge >= 0.3 is 0 Å². The summed E-state index contributed by atoms with van der Waals surface area (Å²) in [5.74, 6) is 0.730. The summed E-state index contributed by atoms with van der Waals surface area (Å²) in [5.41, 5.74) is 1.81. The van der Waals surface area contributed by atoms with Crippen molar-refractivity contribution in [1.29, 1.82) is 0 Å². The second-order valence-electron chi connectivity index (χ2n) is 8.13. The third kappa shape index (κ3) is 4.84. The Morgan fingerprint density at radius 2 is 1.76 bits per heavy atom. The van der Waals surface area contributed by atoms with Crippen LogP contribution in [0.15, 0.2) is 64.0 Å². The van der Waals surface area contributed by atoms with Gasteiger partial charge in [-0.05, 0) is 31.5 Å². The van der Waals surface area contributed by atoms with Gasteiger partial charge in [0.05, 0.1) is 7.11 Å². The Kier molecular flexibility index (Phi) is 7.01. The fourth-order valence-corrected chi connectivity index (χ4v) is 5.96. The van der Waals surface area contributed by atoms with Gasteiger partial charge in [0.2, 0.25) is 15.9 Å². The van der Waals surface area contributed by atoms with Crippen molar-refractivity contribution in [3.63, 3.8) is 0 Å². The monoisotopic (exact) mass is 484 g/mol. The largest absolute Gasteiger partial charge is 0.497 e. The van der Waals surface area contributed by atoms with E-state index in [1.165, 1.54) is 4.31 Å². The second-order valence-corrected chi connectivity index (χ2v) is 10.0. The van der Waals surface area contributed by atoms with Crippen LogP contribution in [0.1, 0.15) is 23.1 Å². The molecule has 10 heteroatoms. The molecule has 0 radical (unpaired) electrons. The summed E-state index contributed by atoms with van der Waals surface area (Å²) in [5, 5.41) is 6.76. The summed E-state index contributed by atoms with van der Waals surface area (Å²) >= 11 is 0. The van der Waals surface area contributed by atoms with E-state index in [-0.39, 0.29) is 29.7 Å². The Morgan fingerprint density at radius 1 is 1.06 bits per heavy atom. The van der Waals surface area contributed by atoms with Gasteiger partial charge in [-0.15, -0.1) is 0 Å². The number of sulfonamides is 1. The van der Waals surface area contributed by atoms with Gasteiger partial charge in [-0.3, -0.25) is 9.69 Å². The molecule has 1 saturated heterocycles. The summed E-state index contributed by atoms with van der Waals surface area (Å²) in [4.78, 5) is 15.5. The molecular weight excluding hydrogens is 456 g/mol. The summed E-state index contributed by atoms with van der Waals surface area (Å²) in [7, 11) is -2.16. The lowest BCUT2D eigenvalue weighted by Gasteiger charge is -2.38. The van der Waals surface area contributed by atoms with E-state index >= 15 is 0 Å². The smallest absolute Gasteiger partial charge is 0.248 e. The lowest BCUT2D eigenvalue weighted by Crippen LogP contribution is -2.51. The van der Waals surface area contributed by atoms with E-state index in [9.17, 15) is 13.2 Å². The number of aryl methyl sites for hydroxylation is 2. The molecule has 180 valence electrons. The minimum Gasteiger partial charge on any atom is -0.497 e. The van der Waals surface area contributed by atoms with Crippen LogP contribution in [0, 0.1) is 13.8 Å². The zero-order chi connectivity index (χ0) is 24.3. The van der Waals surface area contributed by atoms with Gasteiger partial charge in [-0.25, -0.2) is 8.42 Å². The molecule has 0 saturated carbocycles. The molecule has 1 amide bonds. The molecule has 34 heavy (non-hydrogen) atoms. The molecule has 9 nitrogen and oxygen atoms in total. The van der Waals surface area contributed by atoms with E-state index in [4.69, 9.17) is 9.26 Å². The summed E-state index contributed by atoms with van der Waals surface area (Å²) in [6.45, 7) is 4.51. The van der Waals surface area contributed by atoms with E-state index in [0.717, 1.165) is 5.56 Å². The average molecular weight is 485 g/mol. The summed E-state index contributed by atoms with van der Waals surface area (Å²) in [6, 6.07) is 16.1. The number of aromatic nitrogens is 1. The lowest BCUT2D eigenvalue weighted by atomic mass is 10.0. The van der Waals surface area contributed by atoms with Crippen molar-refractivity contribution in [2.45, 2.75) is 24.8 Å². The first kappa shape index (κ1) is 23.9. The molecule has 2 heterocycles. The summed E-state index contributed by atoms with van der Waals surface area (Å²) < 4.78 is 38.1. The molecule has 4 rings (SSSR count). The number of hydrogen-bond acceptors (Lipinski definition) is 7. The van der Waals surface area contributed by atoms with Gasteiger partial charge in [-0.2, -0.15) is 4.31 Å². The molecule has 1 fully saturated rings. The standard InChI is InChI=1S/C24H28N4O5S/c1-17-23(18(2)33-26-17)34(30,31)28-14-12-27(13-15-28)22(19-8-5-4-6-9-19)24(29)25-20-10-7-11-21(16-20)32-3/h4-11,16,22H,12-15H2,1-3H3,(H,25,29)/t22-/m1/s1. The molecular formula is C24H28N4O5S. The van der Waals surface area contributed by atoms with E-state index in [1.54, 1.807) is 33.1 Å². The number of benzene rings is 2. The number of piperazine rings is 1. The third-order valence-electron chi connectivity index (χ3n) is 5.91. The van der Waals surface area contributed by atoms with Gasteiger partial charge in [-0.1, -0.05) is 41.6 Å². The van der Waals surface area contributed by atoms with Crippen LogP contribution < -0.4 is 10.1 Å². The molecule has 3 aromatic rings. The number of nitrogens with one attached hydrogen (secondary N) is 1. The van der Waals surface area contributed by atoms with Crippen LogP contribution in [0.5, 0.6) is 5.75 Å². The maximum absolute atomic E-state index is 13.4. The first-order valence-corrected chi connectivity index (χ1v) is 12.4. The number of amides is 1. The van der Waals surface area contributed by atoms with Crippen molar-refractivity contribution in [3.05, 3.63) is 71.6 Å². The van der Waals surface area contributed by atoms with Crippen LogP contribution in [-0.2, 0) is 14.8 Å². The van der Waals surface area contributed by atoms with Gasteiger partial charge in [0.15, 0.2) is 5.76 Å². The number of rotatable bonds is 7. The zero-order valence-electron chi connectivity index (χ0n) is 19.4. The molecule has 0 bridgehead atoms. The molecule has 1 atom stereocenters. The Balaban J connectivity index is 1.54. The fourth-order valence-electron chi connectivity index (χ4n) is 4.25. The average Bonchev–Trinajstić information content (AvgIpc) is 3.19. The van der Waals surface area contributed by atoms with E-state index in [0.29, 0.717) is 30.2 Å².